The van der Waals surface area contributed by atoms with Crippen molar-refractivity contribution in [2.75, 3.05) is 14.2 Å². The van der Waals surface area contributed by atoms with Crippen molar-refractivity contribution in [3.8, 4) is 0 Å². The summed E-state index contributed by atoms with van der Waals surface area (Å²) in [4.78, 5) is 27.2. The summed E-state index contributed by atoms with van der Waals surface area (Å²) in [6.45, 7) is 0. The Morgan fingerprint density at radius 1 is 1.45 bits per heavy atom. The van der Waals surface area contributed by atoms with Gasteiger partial charge in [-0.25, -0.2) is 18.6 Å². The molecular formula is C12H14F2N2O4. The lowest BCUT2D eigenvalue weighted by Gasteiger charge is -2.21. The molecule has 0 saturated carbocycles. The highest BCUT2D eigenvalue weighted by molar-refractivity contribution is 5.84. The fourth-order valence-electron chi connectivity index (χ4n) is 1.58. The van der Waals surface area contributed by atoms with E-state index in [1.54, 1.807) is 0 Å². The molecule has 0 aliphatic rings. The number of hydrogen-bond acceptors (Lipinski definition) is 3. The van der Waals surface area contributed by atoms with Gasteiger partial charge in [0.25, 0.3) is 5.91 Å². The lowest BCUT2D eigenvalue weighted by molar-refractivity contribution is -0.170. The highest BCUT2D eigenvalue weighted by atomic mass is 19.1. The van der Waals surface area contributed by atoms with Gasteiger partial charge in [-0.3, -0.25) is 9.63 Å². The molecule has 1 atom stereocenters. The first-order valence-electron chi connectivity index (χ1n) is 5.60. The van der Waals surface area contributed by atoms with Crippen LogP contribution in [0.3, 0.4) is 0 Å². The zero-order valence-electron chi connectivity index (χ0n) is 10.9. The summed E-state index contributed by atoms with van der Waals surface area (Å²) in [5.41, 5.74) is -0.110. The first kappa shape index (κ1) is 15.8. The van der Waals surface area contributed by atoms with Crippen LogP contribution in [0.5, 0.6) is 0 Å². The molecule has 0 aliphatic heterocycles. The van der Waals surface area contributed by atoms with Gasteiger partial charge in [0, 0.05) is 13.5 Å². The molecule has 0 radical (unpaired) electrons. The number of hydroxylamine groups is 2. The monoisotopic (exact) mass is 288 g/mol. The Kier molecular flexibility index (Phi) is 5.39. The van der Waals surface area contributed by atoms with Crippen molar-refractivity contribution in [3.05, 3.63) is 35.4 Å². The van der Waals surface area contributed by atoms with Gasteiger partial charge < -0.3 is 10.4 Å². The smallest absolute Gasteiger partial charge is 0.405 e. The third kappa shape index (κ3) is 4.16. The first-order chi connectivity index (χ1) is 9.35. The highest BCUT2D eigenvalue weighted by Crippen LogP contribution is 2.13. The van der Waals surface area contributed by atoms with Gasteiger partial charge in [-0.05, 0) is 23.8 Å². The molecule has 20 heavy (non-hydrogen) atoms. The molecule has 2 N–H and O–H groups in total. The minimum absolute atomic E-state index is 0.110. The SMILES string of the molecule is CON(C)C(=O)C(Cc1cc(F)ccc1F)NC(=O)O. The van der Waals surface area contributed by atoms with Crippen LogP contribution in [-0.4, -0.2) is 42.4 Å². The number of nitrogens with one attached hydrogen (secondary N) is 1. The van der Waals surface area contributed by atoms with Crippen LogP contribution in [0.25, 0.3) is 0 Å². The molecule has 110 valence electrons. The van der Waals surface area contributed by atoms with Crippen LogP contribution < -0.4 is 5.32 Å². The van der Waals surface area contributed by atoms with E-state index in [-0.39, 0.29) is 12.0 Å². The molecule has 0 spiro atoms. The van der Waals surface area contributed by atoms with E-state index in [9.17, 15) is 18.4 Å². The largest absolute Gasteiger partial charge is 0.465 e. The number of likely N-dealkylation sites (N-methyl/N-ethyl adjacent to an activating group) is 1. The summed E-state index contributed by atoms with van der Waals surface area (Å²) in [6, 6.07) is 1.47. The van der Waals surface area contributed by atoms with Crippen LogP contribution >= 0.6 is 0 Å². The van der Waals surface area contributed by atoms with Gasteiger partial charge in [0.2, 0.25) is 0 Å². The number of amides is 2. The van der Waals surface area contributed by atoms with E-state index < -0.39 is 29.7 Å². The van der Waals surface area contributed by atoms with E-state index in [4.69, 9.17) is 5.11 Å². The Morgan fingerprint density at radius 3 is 2.65 bits per heavy atom. The van der Waals surface area contributed by atoms with Crippen molar-refractivity contribution in [1.29, 1.82) is 0 Å². The highest BCUT2D eigenvalue weighted by Gasteiger charge is 2.25. The van der Waals surface area contributed by atoms with Gasteiger partial charge in [-0.15, -0.1) is 0 Å². The molecule has 1 rings (SSSR count). The fraction of sp³-hybridized carbons (Fsp3) is 0.333. The summed E-state index contributed by atoms with van der Waals surface area (Å²) in [5.74, 6) is -2.13. The van der Waals surface area contributed by atoms with Gasteiger partial charge in [0.05, 0.1) is 7.11 Å². The Balaban J connectivity index is 2.97. The Bertz CT molecular complexity index is 510. The average Bonchev–Trinajstić information content (AvgIpc) is 2.39. The maximum absolute atomic E-state index is 13.5. The van der Waals surface area contributed by atoms with Gasteiger partial charge in [-0.2, -0.15) is 0 Å². The van der Waals surface area contributed by atoms with Crippen LogP contribution in [-0.2, 0) is 16.1 Å². The van der Waals surface area contributed by atoms with E-state index in [0.717, 1.165) is 23.3 Å². The molecule has 0 bridgehead atoms. The van der Waals surface area contributed by atoms with Crippen LogP contribution in [0.15, 0.2) is 18.2 Å². The van der Waals surface area contributed by atoms with E-state index in [2.05, 4.69) is 4.84 Å². The fourth-order valence-corrected chi connectivity index (χ4v) is 1.58. The number of nitrogens with zero attached hydrogens (tertiary/aromatic N) is 1. The molecule has 0 saturated heterocycles. The molecular weight excluding hydrogens is 274 g/mol. The van der Waals surface area contributed by atoms with E-state index in [1.807, 2.05) is 5.32 Å². The number of carbonyl (C=O) groups is 2. The summed E-state index contributed by atoms with van der Waals surface area (Å²) in [7, 11) is 2.50. The Hall–Kier alpha value is -2.22. The van der Waals surface area contributed by atoms with Crippen molar-refractivity contribution < 1.29 is 28.3 Å². The van der Waals surface area contributed by atoms with Crippen molar-refractivity contribution in [2.45, 2.75) is 12.5 Å². The minimum atomic E-state index is -1.45. The van der Waals surface area contributed by atoms with E-state index in [1.165, 1.54) is 14.2 Å². The summed E-state index contributed by atoms with van der Waals surface area (Å²) in [5, 5.41) is 11.4. The molecule has 1 aromatic rings. The normalized spacial score (nSPS) is 11.8. The van der Waals surface area contributed by atoms with Crippen LogP contribution in [0.2, 0.25) is 0 Å². The third-order valence-electron chi connectivity index (χ3n) is 2.61. The number of rotatable bonds is 5. The maximum atomic E-state index is 13.5. The third-order valence-corrected chi connectivity index (χ3v) is 2.61. The number of halogens is 2. The summed E-state index contributed by atoms with van der Waals surface area (Å²) in [6.07, 6.45) is -1.78. The van der Waals surface area contributed by atoms with Gasteiger partial charge in [0.1, 0.15) is 17.7 Å². The number of hydrogen-bond donors (Lipinski definition) is 2. The lowest BCUT2D eigenvalue weighted by atomic mass is 10.0. The zero-order chi connectivity index (χ0) is 15.3. The molecule has 2 amide bonds. The summed E-state index contributed by atoms with van der Waals surface area (Å²) < 4.78 is 26.6. The van der Waals surface area contributed by atoms with Gasteiger partial charge in [0.15, 0.2) is 0 Å². The predicted molar refractivity (Wildman–Crippen MR) is 64.8 cm³/mol. The van der Waals surface area contributed by atoms with E-state index >= 15 is 0 Å². The van der Waals surface area contributed by atoms with Gasteiger partial charge >= 0.3 is 6.09 Å². The zero-order valence-corrected chi connectivity index (χ0v) is 10.9. The topological polar surface area (TPSA) is 78.9 Å². The Morgan fingerprint density at radius 2 is 2.10 bits per heavy atom. The van der Waals surface area contributed by atoms with Crippen molar-refractivity contribution >= 4 is 12.0 Å². The minimum Gasteiger partial charge on any atom is -0.465 e. The second-order valence-electron chi connectivity index (χ2n) is 3.96. The molecule has 6 nitrogen and oxygen atoms in total. The number of benzene rings is 1. The molecule has 0 heterocycles. The predicted octanol–water partition coefficient (Wildman–Crippen LogP) is 1.16. The van der Waals surface area contributed by atoms with Crippen LogP contribution in [0.4, 0.5) is 13.6 Å². The summed E-state index contributed by atoms with van der Waals surface area (Å²) >= 11 is 0. The molecule has 0 aliphatic carbocycles. The lowest BCUT2D eigenvalue weighted by Crippen LogP contribution is -2.48. The molecule has 1 aromatic carbocycles. The Labute approximate surface area is 113 Å². The first-order valence-corrected chi connectivity index (χ1v) is 5.60. The van der Waals surface area contributed by atoms with Crippen molar-refractivity contribution in [2.24, 2.45) is 0 Å². The molecule has 0 aromatic heterocycles. The number of carbonyl (C=O) groups excluding carboxylic acids is 1. The number of carboxylic acid groups (broad SMARTS) is 1. The quantitative estimate of drug-likeness (QED) is 0.797. The van der Waals surface area contributed by atoms with Gasteiger partial charge in [-0.1, -0.05) is 0 Å². The standard InChI is InChI=1S/C12H14F2N2O4/c1-16(20-2)11(17)10(15-12(18)19)6-7-5-8(13)3-4-9(7)14/h3-5,10,15H,6H2,1-2H3,(H,18,19). The molecule has 8 heteroatoms. The second-order valence-corrected chi connectivity index (χ2v) is 3.96. The second kappa shape index (κ2) is 6.80. The van der Waals surface area contributed by atoms with Crippen molar-refractivity contribution in [3.63, 3.8) is 0 Å². The van der Waals surface area contributed by atoms with E-state index in [0.29, 0.717) is 0 Å². The van der Waals surface area contributed by atoms with Crippen molar-refractivity contribution in [1.82, 2.24) is 10.4 Å². The maximum Gasteiger partial charge on any atom is 0.405 e. The van der Waals surface area contributed by atoms with Crippen LogP contribution in [0.1, 0.15) is 5.56 Å². The molecule has 1 unspecified atom stereocenters. The van der Waals surface area contributed by atoms with Crippen LogP contribution in [0, 0.1) is 11.6 Å². The average molecular weight is 288 g/mol. The molecule has 0 fully saturated rings.